The summed E-state index contributed by atoms with van der Waals surface area (Å²) in [5.74, 6) is -0.709. The second kappa shape index (κ2) is 11.8. The SMILES string of the molecule is Nc1nc2c(ncn2CCOCP(OCC(=O)c2ccc(F)cc2)OCc2ccccc2)c(=O)[nH]1. The standard InChI is InChI=1S/C23H23FN5O5P/c24-18-8-6-17(7-9-18)19(30)13-34-35(33-12-16-4-2-1-3-5-16)15-32-11-10-29-14-26-20-21(29)27-23(25)28-22(20)31/h1-9,14H,10-13,15H2,(H3,25,27,28,31). The normalized spacial score (nSPS) is 12.1. The van der Waals surface area contributed by atoms with E-state index in [-0.39, 0.29) is 36.8 Å². The van der Waals surface area contributed by atoms with Gasteiger partial charge in [-0.1, -0.05) is 30.3 Å². The number of nitrogens with two attached hydrogens (primary N) is 1. The molecule has 3 N–H and O–H groups in total. The molecule has 0 bridgehead atoms. The molecule has 2 aromatic carbocycles. The van der Waals surface area contributed by atoms with Gasteiger partial charge in [0.2, 0.25) is 5.95 Å². The lowest BCUT2D eigenvalue weighted by molar-refractivity contribution is 0.0896. The average Bonchev–Trinajstić information content (AvgIpc) is 3.26. The van der Waals surface area contributed by atoms with Gasteiger partial charge in [0.05, 0.1) is 19.5 Å². The van der Waals surface area contributed by atoms with Crippen LogP contribution in [0.2, 0.25) is 0 Å². The zero-order valence-electron chi connectivity index (χ0n) is 18.6. The smallest absolute Gasteiger partial charge is 0.280 e. The van der Waals surface area contributed by atoms with Gasteiger partial charge in [0, 0.05) is 12.1 Å². The number of fused-ring (bicyclic) bond motifs is 1. The van der Waals surface area contributed by atoms with Crippen molar-refractivity contribution in [3.05, 3.63) is 88.2 Å². The summed E-state index contributed by atoms with van der Waals surface area (Å²) in [5, 5.41) is 0. The van der Waals surface area contributed by atoms with Crippen LogP contribution in [0.15, 0.2) is 65.7 Å². The summed E-state index contributed by atoms with van der Waals surface area (Å²) in [6.45, 7) is 0.678. The van der Waals surface area contributed by atoms with Gasteiger partial charge in [0.1, 0.15) is 18.8 Å². The Labute approximate surface area is 200 Å². The number of carbonyl (C=O) groups is 1. The van der Waals surface area contributed by atoms with Crippen LogP contribution in [0.4, 0.5) is 10.3 Å². The Bertz CT molecular complexity index is 1330. The molecule has 0 aliphatic heterocycles. The fourth-order valence-corrected chi connectivity index (χ4v) is 4.17. The first-order valence-corrected chi connectivity index (χ1v) is 12.0. The van der Waals surface area contributed by atoms with Gasteiger partial charge >= 0.3 is 0 Å². The van der Waals surface area contributed by atoms with Crippen LogP contribution < -0.4 is 11.3 Å². The van der Waals surface area contributed by atoms with Crippen LogP contribution in [0.1, 0.15) is 15.9 Å². The zero-order chi connectivity index (χ0) is 24.6. The number of ketones is 1. The van der Waals surface area contributed by atoms with Crippen molar-refractivity contribution in [3.63, 3.8) is 0 Å². The maximum Gasteiger partial charge on any atom is 0.280 e. The predicted molar refractivity (Wildman–Crippen MR) is 128 cm³/mol. The Hall–Kier alpha value is -3.50. The van der Waals surface area contributed by atoms with E-state index in [4.69, 9.17) is 19.5 Å². The summed E-state index contributed by atoms with van der Waals surface area (Å²) in [6, 6.07) is 14.8. The number of aromatic nitrogens is 4. The highest BCUT2D eigenvalue weighted by Gasteiger charge is 2.16. The number of H-pyrrole nitrogens is 1. The second-order valence-corrected chi connectivity index (χ2v) is 8.83. The summed E-state index contributed by atoms with van der Waals surface area (Å²) in [6.07, 6.45) is 1.60. The Balaban J connectivity index is 1.33. The lowest BCUT2D eigenvalue weighted by Gasteiger charge is -2.17. The van der Waals surface area contributed by atoms with E-state index in [2.05, 4.69) is 15.0 Å². The molecule has 35 heavy (non-hydrogen) atoms. The molecular formula is C23H23FN5O5P. The van der Waals surface area contributed by atoms with E-state index >= 15 is 0 Å². The molecule has 10 nitrogen and oxygen atoms in total. The van der Waals surface area contributed by atoms with Gasteiger partial charge in [-0.05, 0) is 29.8 Å². The van der Waals surface area contributed by atoms with Crippen molar-refractivity contribution in [3.8, 4) is 0 Å². The molecule has 2 aromatic heterocycles. The molecule has 0 aliphatic carbocycles. The predicted octanol–water partition coefficient (Wildman–Crippen LogP) is 3.24. The highest BCUT2D eigenvalue weighted by atomic mass is 31.2. The fourth-order valence-electron chi connectivity index (χ4n) is 3.12. The Morgan fingerprint density at radius 3 is 2.66 bits per heavy atom. The van der Waals surface area contributed by atoms with Gasteiger partial charge < -0.3 is 24.1 Å². The van der Waals surface area contributed by atoms with E-state index < -0.39 is 19.8 Å². The number of nitrogen functional groups attached to an aromatic ring is 1. The number of carbonyl (C=O) groups excluding carboxylic acids is 1. The lowest BCUT2D eigenvalue weighted by atomic mass is 10.1. The number of rotatable bonds is 12. The average molecular weight is 499 g/mol. The molecule has 1 atom stereocenters. The third kappa shape index (κ3) is 6.77. The number of halogens is 1. The maximum absolute atomic E-state index is 13.1. The minimum Gasteiger partial charge on any atom is -0.370 e. The second-order valence-electron chi connectivity index (χ2n) is 7.39. The van der Waals surface area contributed by atoms with E-state index in [0.29, 0.717) is 24.4 Å². The first-order valence-electron chi connectivity index (χ1n) is 10.6. The molecule has 0 aliphatic rings. The van der Waals surface area contributed by atoms with E-state index in [1.807, 2.05) is 30.3 Å². The molecule has 0 radical (unpaired) electrons. The number of nitrogens with one attached hydrogen (secondary N) is 1. The van der Waals surface area contributed by atoms with Gasteiger partial charge in [-0.2, -0.15) is 4.98 Å². The van der Waals surface area contributed by atoms with Gasteiger partial charge in [-0.25, -0.2) is 9.37 Å². The number of benzene rings is 2. The molecule has 4 aromatic rings. The van der Waals surface area contributed by atoms with E-state index in [9.17, 15) is 14.0 Å². The molecule has 12 heteroatoms. The third-order valence-electron chi connectivity index (χ3n) is 4.89. The monoisotopic (exact) mass is 499 g/mol. The first kappa shape index (κ1) is 24.6. The van der Waals surface area contributed by atoms with Gasteiger partial charge in [0.15, 0.2) is 25.3 Å². The molecule has 182 valence electrons. The molecule has 1 unspecified atom stereocenters. The quantitative estimate of drug-likeness (QED) is 0.172. The number of Topliss-reactive ketones (excluding diaryl/α,β-unsaturated/α-hetero) is 1. The summed E-state index contributed by atoms with van der Waals surface area (Å²) in [7, 11) is -1.56. The van der Waals surface area contributed by atoms with Crippen LogP contribution in [0.25, 0.3) is 11.2 Å². The fraction of sp³-hybridized carbons (Fsp3) is 0.217. The van der Waals surface area contributed by atoms with Gasteiger partial charge in [-0.15, -0.1) is 0 Å². The number of anilines is 1. The molecule has 2 heterocycles. The lowest BCUT2D eigenvalue weighted by Crippen LogP contribution is -2.13. The molecular weight excluding hydrogens is 476 g/mol. The van der Waals surface area contributed by atoms with Crippen LogP contribution in [-0.4, -0.2) is 44.9 Å². The first-order chi connectivity index (χ1) is 17.0. The van der Waals surface area contributed by atoms with E-state index in [0.717, 1.165) is 5.56 Å². The summed E-state index contributed by atoms with van der Waals surface area (Å²) in [4.78, 5) is 34.9. The van der Waals surface area contributed by atoms with Crippen molar-refractivity contribution >= 4 is 31.3 Å². The Morgan fingerprint density at radius 1 is 1.11 bits per heavy atom. The van der Waals surface area contributed by atoms with Crippen molar-refractivity contribution in [1.82, 2.24) is 19.5 Å². The maximum atomic E-state index is 13.1. The van der Waals surface area contributed by atoms with Crippen LogP contribution >= 0.6 is 8.38 Å². The van der Waals surface area contributed by atoms with Crippen molar-refractivity contribution in [2.45, 2.75) is 13.2 Å². The van der Waals surface area contributed by atoms with Crippen LogP contribution in [0, 0.1) is 5.82 Å². The number of hydrogen-bond donors (Lipinski definition) is 2. The summed E-state index contributed by atoms with van der Waals surface area (Å²) < 4.78 is 32.1. The Morgan fingerprint density at radius 2 is 1.89 bits per heavy atom. The number of aromatic amines is 1. The minimum atomic E-state index is -1.56. The molecule has 0 saturated carbocycles. The minimum absolute atomic E-state index is 0.00206. The number of ether oxygens (including phenoxy) is 1. The molecule has 0 spiro atoms. The number of imidazole rings is 1. The molecule has 0 fully saturated rings. The van der Waals surface area contributed by atoms with Crippen LogP contribution in [0.5, 0.6) is 0 Å². The van der Waals surface area contributed by atoms with Crippen molar-refractivity contribution in [2.24, 2.45) is 0 Å². The summed E-state index contributed by atoms with van der Waals surface area (Å²) >= 11 is 0. The third-order valence-corrected chi connectivity index (χ3v) is 6.12. The highest BCUT2D eigenvalue weighted by molar-refractivity contribution is 7.47. The molecule has 0 amide bonds. The van der Waals surface area contributed by atoms with E-state index in [1.54, 1.807) is 4.57 Å². The van der Waals surface area contributed by atoms with Crippen molar-refractivity contribution in [2.75, 3.05) is 25.3 Å². The Kier molecular flexibility index (Phi) is 8.27. The number of hydrogen-bond acceptors (Lipinski definition) is 8. The van der Waals surface area contributed by atoms with Crippen LogP contribution in [-0.2, 0) is 26.9 Å². The summed E-state index contributed by atoms with van der Waals surface area (Å²) in [5.41, 5.74) is 7.05. The molecule has 0 saturated heterocycles. The zero-order valence-corrected chi connectivity index (χ0v) is 19.5. The van der Waals surface area contributed by atoms with Gasteiger partial charge in [0.25, 0.3) is 5.56 Å². The van der Waals surface area contributed by atoms with Crippen molar-refractivity contribution < 1.29 is 23.0 Å². The number of nitrogens with zero attached hydrogens (tertiary/aromatic N) is 3. The van der Waals surface area contributed by atoms with Gasteiger partial charge in [-0.3, -0.25) is 14.6 Å². The highest BCUT2D eigenvalue weighted by Crippen LogP contribution is 2.39. The van der Waals surface area contributed by atoms with Crippen molar-refractivity contribution in [1.29, 1.82) is 0 Å². The topological polar surface area (TPSA) is 134 Å². The molecule has 4 rings (SSSR count). The van der Waals surface area contributed by atoms with Crippen LogP contribution in [0.3, 0.4) is 0 Å². The van der Waals surface area contributed by atoms with E-state index in [1.165, 1.54) is 30.6 Å². The largest absolute Gasteiger partial charge is 0.370 e.